The highest BCUT2D eigenvalue weighted by Crippen LogP contribution is 2.30. The standard InChI is InChI=1S/C19H21N3O4/c1-4-13-8-18(24)26-16-6-11(2)5-15(19(13)16)25-10-17(23)20-9-14-7-12(3)21-22-14/h5-8H,4,9-10H2,1-3H3,(H,20,23)(H,21,22). The van der Waals surface area contributed by atoms with Crippen LogP contribution in [0.2, 0.25) is 0 Å². The van der Waals surface area contributed by atoms with Crippen molar-refractivity contribution in [3.05, 3.63) is 57.2 Å². The van der Waals surface area contributed by atoms with Crippen LogP contribution in [0.5, 0.6) is 5.75 Å². The van der Waals surface area contributed by atoms with Crippen LogP contribution >= 0.6 is 0 Å². The third-order valence-electron chi connectivity index (χ3n) is 4.00. The van der Waals surface area contributed by atoms with Gasteiger partial charge in [0.05, 0.1) is 17.6 Å². The summed E-state index contributed by atoms with van der Waals surface area (Å²) in [6.45, 7) is 5.93. The van der Waals surface area contributed by atoms with Crippen molar-refractivity contribution in [3.8, 4) is 5.75 Å². The lowest BCUT2D eigenvalue weighted by Crippen LogP contribution is -2.28. The van der Waals surface area contributed by atoms with E-state index in [0.29, 0.717) is 24.3 Å². The molecule has 1 aromatic carbocycles. The SMILES string of the molecule is CCc1cc(=O)oc2cc(C)cc(OCC(=O)NCc3cc(C)[nH]n3)c12. The minimum atomic E-state index is -0.391. The third kappa shape index (κ3) is 3.93. The zero-order chi connectivity index (χ0) is 18.7. The van der Waals surface area contributed by atoms with Crippen molar-refractivity contribution in [2.75, 3.05) is 6.61 Å². The van der Waals surface area contributed by atoms with Gasteiger partial charge in [0.25, 0.3) is 5.91 Å². The van der Waals surface area contributed by atoms with Gasteiger partial charge in [-0.1, -0.05) is 6.92 Å². The van der Waals surface area contributed by atoms with E-state index in [-0.39, 0.29) is 12.5 Å². The quantitative estimate of drug-likeness (QED) is 0.662. The molecule has 0 saturated heterocycles. The fourth-order valence-electron chi connectivity index (χ4n) is 2.81. The van der Waals surface area contributed by atoms with Crippen LogP contribution in [0, 0.1) is 13.8 Å². The molecule has 26 heavy (non-hydrogen) atoms. The van der Waals surface area contributed by atoms with Crippen LogP contribution in [-0.2, 0) is 17.8 Å². The molecule has 1 amide bonds. The molecule has 3 aromatic rings. The molecule has 3 rings (SSSR count). The Morgan fingerprint density at radius 3 is 2.77 bits per heavy atom. The molecule has 2 N–H and O–H groups in total. The summed E-state index contributed by atoms with van der Waals surface area (Å²) < 4.78 is 11.0. The predicted molar refractivity (Wildman–Crippen MR) is 97.3 cm³/mol. The zero-order valence-electron chi connectivity index (χ0n) is 15.0. The summed E-state index contributed by atoms with van der Waals surface area (Å²) in [5.74, 6) is 0.280. The topological polar surface area (TPSA) is 97.2 Å². The van der Waals surface area contributed by atoms with Gasteiger partial charge in [-0.15, -0.1) is 0 Å². The smallest absolute Gasteiger partial charge is 0.336 e. The predicted octanol–water partition coefficient (Wildman–Crippen LogP) is 2.39. The lowest BCUT2D eigenvalue weighted by atomic mass is 10.1. The minimum Gasteiger partial charge on any atom is -0.483 e. The van der Waals surface area contributed by atoms with Gasteiger partial charge in [0.15, 0.2) is 6.61 Å². The first kappa shape index (κ1) is 17.7. The first-order chi connectivity index (χ1) is 12.5. The molecule has 0 fully saturated rings. The fraction of sp³-hybridized carbons (Fsp3) is 0.316. The van der Waals surface area contributed by atoms with E-state index in [2.05, 4.69) is 15.5 Å². The number of H-pyrrole nitrogens is 1. The van der Waals surface area contributed by atoms with Gasteiger partial charge in [-0.3, -0.25) is 9.89 Å². The van der Waals surface area contributed by atoms with Crippen LogP contribution in [0.4, 0.5) is 0 Å². The Morgan fingerprint density at radius 1 is 1.27 bits per heavy atom. The number of nitrogens with zero attached hydrogens (tertiary/aromatic N) is 1. The molecule has 7 nitrogen and oxygen atoms in total. The molecule has 2 heterocycles. The molecule has 0 aliphatic heterocycles. The number of aryl methyl sites for hydroxylation is 3. The Balaban J connectivity index is 1.75. The summed E-state index contributed by atoms with van der Waals surface area (Å²) in [7, 11) is 0. The molecule has 0 unspecified atom stereocenters. The van der Waals surface area contributed by atoms with Gasteiger partial charge in [-0.25, -0.2) is 4.79 Å². The van der Waals surface area contributed by atoms with E-state index < -0.39 is 5.63 Å². The monoisotopic (exact) mass is 355 g/mol. The van der Waals surface area contributed by atoms with E-state index >= 15 is 0 Å². The first-order valence-electron chi connectivity index (χ1n) is 8.44. The molecule has 0 saturated carbocycles. The maximum Gasteiger partial charge on any atom is 0.336 e. The van der Waals surface area contributed by atoms with Gasteiger partial charge in [0.2, 0.25) is 0 Å². The van der Waals surface area contributed by atoms with Gasteiger partial charge in [-0.05, 0) is 49.6 Å². The number of benzene rings is 1. The highest BCUT2D eigenvalue weighted by atomic mass is 16.5. The highest BCUT2D eigenvalue weighted by Gasteiger charge is 2.13. The molecule has 0 radical (unpaired) electrons. The Morgan fingerprint density at radius 2 is 2.08 bits per heavy atom. The van der Waals surface area contributed by atoms with Crippen LogP contribution < -0.4 is 15.7 Å². The normalized spacial score (nSPS) is 10.9. The number of nitrogens with one attached hydrogen (secondary N) is 2. The molecule has 136 valence electrons. The van der Waals surface area contributed by atoms with Crippen molar-refractivity contribution in [1.82, 2.24) is 15.5 Å². The average molecular weight is 355 g/mol. The summed E-state index contributed by atoms with van der Waals surface area (Å²) in [4.78, 5) is 23.8. The van der Waals surface area contributed by atoms with E-state index in [1.807, 2.05) is 32.9 Å². The van der Waals surface area contributed by atoms with Gasteiger partial charge >= 0.3 is 5.63 Å². The number of amides is 1. The third-order valence-corrected chi connectivity index (χ3v) is 4.00. The largest absolute Gasteiger partial charge is 0.483 e. The average Bonchev–Trinajstić information content (AvgIpc) is 3.01. The molecule has 0 atom stereocenters. The van der Waals surface area contributed by atoms with Gasteiger partial charge in [0.1, 0.15) is 11.3 Å². The minimum absolute atomic E-state index is 0.135. The van der Waals surface area contributed by atoms with Crippen LogP contribution in [0.3, 0.4) is 0 Å². The second-order valence-corrected chi connectivity index (χ2v) is 6.19. The van der Waals surface area contributed by atoms with Crippen LogP contribution in [-0.4, -0.2) is 22.7 Å². The van der Waals surface area contributed by atoms with Crippen molar-refractivity contribution in [3.63, 3.8) is 0 Å². The summed E-state index contributed by atoms with van der Waals surface area (Å²) in [5.41, 5.74) is 3.49. The maximum atomic E-state index is 12.1. The molecular formula is C19H21N3O4. The Kier molecular flexibility index (Phi) is 5.06. The maximum absolute atomic E-state index is 12.1. The number of fused-ring (bicyclic) bond motifs is 1. The molecule has 0 aliphatic carbocycles. The van der Waals surface area contributed by atoms with Crippen LogP contribution in [0.15, 0.2) is 33.5 Å². The lowest BCUT2D eigenvalue weighted by molar-refractivity contribution is -0.123. The zero-order valence-corrected chi connectivity index (χ0v) is 15.0. The van der Waals surface area contributed by atoms with Crippen LogP contribution in [0.25, 0.3) is 11.0 Å². The van der Waals surface area contributed by atoms with Gasteiger partial charge < -0.3 is 14.5 Å². The van der Waals surface area contributed by atoms with Crippen molar-refractivity contribution < 1.29 is 13.9 Å². The highest BCUT2D eigenvalue weighted by molar-refractivity contribution is 5.88. The number of aromatic amines is 1. The van der Waals surface area contributed by atoms with E-state index in [0.717, 1.165) is 27.9 Å². The second-order valence-electron chi connectivity index (χ2n) is 6.19. The van der Waals surface area contributed by atoms with Crippen molar-refractivity contribution in [2.24, 2.45) is 0 Å². The molecule has 0 aliphatic rings. The molecule has 7 heteroatoms. The van der Waals surface area contributed by atoms with E-state index in [4.69, 9.17) is 9.15 Å². The van der Waals surface area contributed by atoms with Gasteiger partial charge in [-0.2, -0.15) is 5.10 Å². The lowest BCUT2D eigenvalue weighted by Gasteiger charge is -2.12. The first-order valence-corrected chi connectivity index (χ1v) is 8.44. The molecule has 0 bridgehead atoms. The van der Waals surface area contributed by atoms with E-state index in [1.165, 1.54) is 6.07 Å². The number of carbonyl (C=O) groups excluding carboxylic acids is 1. The summed E-state index contributed by atoms with van der Waals surface area (Å²) in [5, 5.41) is 10.4. The number of rotatable bonds is 6. The van der Waals surface area contributed by atoms with Crippen molar-refractivity contribution in [1.29, 1.82) is 0 Å². The summed E-state index contributed by atoms with van der Waals surface area (Å²) >= 11 is 0. The van der Waals surface area contributed by atoms with Crippen LogP contribution in [0.1, 0.15) is 29.4 Å². The number of hydrogen-bond donors (Lipinski definition) is 2. The Labute approximate surface area is 150 Å². The van der Waals surface area contributed by atoms with Gasteiger partial charge in [0, 0.05) is 11.8 Å². The van der Waals surface area contributed by atoms with E-state index in [9.17, 15) is 9.59 Å². The van der Waals surface area contributed by atoms with Crippen molar-refractivity contribution >= 4 is 16.9 Å². The molecular weight excluding hydrogens is 334 g/mol. The fourth-order valence-corrected chi connectivity index (χ4v) is 2.81. The molecule has 0 spiro atoms. The summed E-state index contributed by atoms with van der Waals surface area (Å²) in [6.07, 6.45) is 0.659. The number of ether oxygens (including phenoxy) is 1. The molecule has 2 aromatic heterocycles. The van der Waals surface area contributed by atoms with Crippen molar-refractivity contribution in [2.45, 2.75) is 33.7 Å². The Hall–Kier alpha value is -3.09. The number of aromatic nitrogens is 2. The van der Waals surface area contributed by atoms with E-state index in [1.54, 1.807) is 6.07 Å². The Bertz CT molecular complexity index is 1000. The number of carbonyl (C=O) groups is 1. The number of hydrogen-bond acceptors (Lipinski definition) is 5. The second kappa shape index (κ2) is 7.43. The summed E-state index contributed by atoms with van der Waals surface area (Å²) in [6, 6.07) is 6.96.